The largest absolute Gasteiger partial charge is 0.256 e. The molecule has 0 aliphatic heterocycles. The molecule has 0 radical (unpaired) electrons. The molecule has 80 heavy (non-hydrogen) atoms. The lowest BCUT2D eigenvalue weighted by molar-refractivity contribution is 1.21. The van der Waals surface area contributed by atoms with E-state index >= 15 is 0 Å². The second-order valence-electron chi connectivity index (χ2n) is 21.3. The van der Waals surface area contributed by atoms with Crippen molar-refractivity contribution in [2.24, 2.45) is 0 Å². The number of para-hydroxylation sites is 2. The van der Waals surface area contributed by atoms with Crippen LogP contribution in [0.5, 0.6) is 0 Å². The quantitative estimate of drug-likeness (QED) is 0.156. The molecule has 0 saturated heterocycles. The van der Waals surface area contributed by atoms with Crippen LogP contribution >= 0.6 is 0 Å². The lowest BCUT2D eigenvalue weighted by Crippen LogP contribution is -2.00. The van der Waals surface area contributed by atoms with Gasteiger partial charge in [-0.2, -0.15) is 0 Å². The first-order valence-corrected chi connectivity index (χ1v) is 27.4. The Labute approximate surface area is 462 Å². The van der Waals surface area contributed by atoms with Crippen molar-refractivity contribution in [2.75, 3.05) is 0 Å². The second-order valence-corrected chi connectivity index (χ2v) is 21.3. The Bertz CT molecular complexity index is 5210. The summed E-state index contributed by atoms with van der Waals surface area (Å²) in [5.74, 6) is 0.671. The molecule has 13 aromatic carbocycles. The SMILES string of the molecule is Cc1cc(-c2cccc3cccnc23)ccc1-c1nc(-c2ccc(-c3cccc4cccnc34)cc2C)c2cc(-c3ccc4c5ccccc5c5ccccc5c4c3)cc(-c3ccc4c5ccccc5c5ccccc5c4c3)c2n1. The monoisotopic (exact) mass is 1020 g/mol. The molecule has 0 aliphatic rings. The molecular formula is C76H48N4. The fourth-order valence-corrected chi connectivity index (χ4v) is 13.0. The van der Waals surface area contributed by atoms with Gasteiger partial charge in [0, 0.05) is 56.4 Å². The van der Waals surface area contributed by atoms with Crippen molar-refractivity contribution in [1.29, 1.82) is 0 Å². The van der Waals surface area contributed by atoms with E-state index in [9.17, 15) is 0 Å². The first-order chi connectivity index (χ1) is 39.5. The molecule has 16 rings (SSSR count). The standard InChI is InChI=1S/C76H48N4/c1-45-39-50(56-27-11-15-47-17-13-37-77-72(47)56)30-33-54(45)74-71-44-53(49-29-35-66-62-23-5-3-19-58(62)60-21-7-9-25-64(60)69(66)41-49)43-68(52-32-36-67-63-24-6-4-20-59(63)61-22-8-10-26-65(61)70(67)42-52)75(71)80-76(79-74)55-34-31-51(40-46(55)2)57-28-12-16-48-18-14-38-78-73(48)57/h3-44H,1-2H3. The van der Waals surface area contributed by atoms with Gasteiger partial charge < -0.3 is 0 Å². The molecule has 3 heterocycles. The Kier molecular flexibility index (Phi) is 10.3. The first kappa shape index (κ1) is 45.7. The van der Waals surface area contributed by atoms with E-state index in [0.29, 0.717) is 5.82 Å². The number of aryl methyl sites for hydroxylation is 2. The van der Waals surface area contributed by atoms with Gasteiger partial charge in [-0.1, -0.05) is 206 Å². The van der Waals surface area contributed by atoms with Gasteiger partial charge in [0.25, 0.3) is 0 Å². The highest BCUT2D eigenvalue weighted by Crippen LogP contribution is 2.45. The smallest absolute Gasteiger partial charge is 0.160 e. The summed E-state index contributed by atoms with van der Waals surface area (Å²) in [6.45, 7) is 4.39. The van der Waals surface area contributed by atoms with Crippen LogP contribution in [0.2, 0.25) is 0 Å². The van der Waals surface area contributed by atoms with Crippen LogP contribution < -0.4 is 0 Å². The summed E-state index contributed by atoms with van der Waals surface area (Å²) >= 11 is 0. The third kappa shape index (κ3) is 7.23. The van der Waals surface area contributed by atoms with Gasteiger partial charge in [-0.25, -0.2) is 9.97 Å². The number of benzene rings is 13. The molecule has 0 amide bonds. The zero-order chi connectivity index (χ0) is 53.0. The Morgan fingerprint density at radius 2 is 0.637 bits per heavy atom. The van der Waals surface area contributed by atoms with Crippen molar-refractivity contribution >= 4 is 97.3 Å². The van der Waals surface area contributed by atoms with Crippen molar-refractivity contribution < 1.29 is 0 Å². The maximum atomic E-state index is 5.77. The first-order valence-electron chi connectivity index (χ1n) is 27.4. The van der Waals surface area contributed by atoms with Crippen molar-refractivity contribution in [3.8, 4) is 67.2 Å². The molecule has 0 saturated carbocycles. The van der Waals surface area contributed by atoms with Gasteiger partial charge in [0.1, 0.15) is 0 Å². The predicted molar refractivity (Wildman–Crippen MR) is 337 cm³/mol. The lowest BCUT2D eigenvalue weighted by Gasteiger charge is -2.19. The average molecular weight is 1020 g/mol. The Hall–Kier alpha value is -10.4. The summed E-state index contributed by atoms with van der Waals surface area (Å²) in [5.41, 5.74) is 16.7. The predicted octanol–water partition coefficient (Wildman–Crippen LogP) is 20.3. The summed E-state index contributed by atoms with van der Waals surface area (Å²) in [6.07, 6.45) is 3.75. The molecule has 0 aliphatic carbocycles. The normalized spacial score (nSPS) is 11.9. The van der Waals surface area contributed by atoms with Crippen molar-refractivity contribution in [2.45, 2.75) is 13.8 Å². The third-order valence-corrected chi connectivity index (χ3v) is 16.8. The number of nitrogens with zero attached hydrogens (tertiary/aromatic N) is 4. The number of rotatable bonds is 6. The van der Waals surface area contributed by atoms with Crippen LogP contribution in [0, 0.1) is 13.8 Å². The molecule has 16 aromatic rings. The van der Waals surface area contributed by atoms with Gasteiger partial charge in [-0.05, 0) is 154 Å². The van der Waals surface area contributed by atoms with Gasteiger partial charge in [0.15, 0.2) is 5.82 Å². The van der Waals surface area contributed by atoms with Crippen LogP contribution in [0.1, 0.15) is 11.1 Å². The van der Waals surface area contributed by atoms with Gasteiger partial charge in [-0.3, -0.25) is 9.97 Å². The fraction of sp³-hybridized carbons (Fsp3) is 0.0263. The van der Waals surface area contributed by atoms with Gasteiger partial charge in [-0.15, -0.1) is 0 Å². The lowest BCUT2D eigenvalue weighted by atomic mass is 9.88. The van der Waals surface area contributed by atoms with Crippen LogP contribution in [-0.4, -0.2) is 19.9 Å². The van der Waals surface area contributed by atoms with Crippen molar-refractivity contribution in [3.63, 3.8) is 0 Å². The molecule has 4 nitrogen and oxygen atoms in total. The third-order valence-electron chi connectivity index (χ3n) is 16.8. The highest BCUT2D eigenvalue weighted by atomic mass is 14.9. The maximum absolute atomic E-state index is 5.77. The van der Waals surface area contributed by atoms with E-state index in [4.69, 9.17) is 19.9 Å². The van der Waals surface area contributed by atoms with E-state index < -0.39 is 0 Å². The molecule has 0 bridgehead atoms. The molecule has 3 aromatic heterocycles. The van der Waals surface area contributed by atoms with Crippen LogP contribution in [0.3, 0.4) is 0 Å². The Balaban J connectivity index is 0.988. The number of hydrogen-bond acceptors (Lipinski definition) is 4. The van der Waals surface area contributed by atoms with Crippen LogP contribution in [0.25, 0.3) is 164 Å². The summed E-state index contributed by atoms with van der Waals surface area (Å²) in [4.78, 5) is 21.2. The Morgan fingerprint density at radius 3 is 1.14 bits per heavy atom. The van der Waals surface area contributed by atoms with E-state index in [-0.39, 0.29) is 0 Å². The van der Waals surface area contributed by atoms with E-state index in [1.165, 1.54) is 64.6 Å². The zero-order valence-electron chi connectivity index (χ0n) is 44.0. The van der Waals surface area contributed by atoms with E-state index in [0.717, 1.165) is 105 Å². The molecule has 4 heteroatoms. The molecule has 372 valence electrons. The fourth-order valence-electron chi connectivity index (χ4n) is 13.0. The maximum Gasteiger partial charge on any atom is 0.160 e. The molecule has 0 atom stereocenters. The minimum atomic E-state index is 0.671. The van der Waals surface area contributed by atoms with Gasteiger partial charge >= 0.3 is 0 Å². The molecule has 0 N–H and O–H groups in total. The highest BCUT2D eigenvalue weighted by molar-refractivity contribution is 6.27. The number of aromatic nitrogens is 4. The van der Waals surface area contributed by atoms with Crippen LogP contribution in [-0.2, 0) is 0 Å². The minimum absolute atomic E-state index is 0.671. The van der Waals surface area contributed by atoms with Crippen LogP contribution in [0.4, 0.5) is 0 Å². The van der Waals surface area contributed by atoms with Crippen molar-refractivity contribution in [1.82, 2.24) is 19.9 Å². The molecule has 0 spiro atoms. The van der Waals surface area contributed by atoms with E-state index in [1.807, 2.05) is 24.5 Å². The second kappa shape index (κ2) is 18.1. The number of pyridine rings is 2. The minimum Gasteiger partial charge on any atom is -0.256 e. The molecule has 0 unspecified atom stereocenters. The molecule has 0 fully saturated rings. The average Bonchev–Trinajstić information content (AvgIpc) is 3.53. The van der Waals surface area contributed by atoms with Gasteiger partial charge in [0.2, 0.25) is 0 Å². The van der Waals surface area contributed by atoms with E-state index in [2.05, 4.69) is 244 Å². The zero-order valence-corrected chi connectivity index (χ0v) is 44.0. The topological polar surface area (TPSA) is 51.6 Å². The Morgan fingerprint density at radius 1 is 0.237 bits per heavy atom. The van der Waals surface area contributed by atoms with E-state index in [1.54, 1.807) is 0 Å². The van der Waals surface area contributed by atoms with Crippen LogP contribution in [0.15, 0.2) is 255 Å². The summed E-state index contributed by atoms with van der Waals surface area (Å²) in [5, 5.41) is 18.1. The summed E-state index contributed by atoms with van der Waals surface area (Å²) in [6, 6.07) is 88.6. The van der Waals surface area contributed by atoms with Gasteiger partial charge in [0.05, 0.1) is 22.2 Å². The summed E-state index contributed by atoms with van der Waals surface area (Å²) < 4.78 is 0. The number of hydrogen-bond donors (Lipinski definition) is 0. The summed E-state index contributed by atoms with van der Waals surface area (Å²) in [7, 11) is 0. The number of fused-ring (bicyclic) bond motifs is 15. The highest BCUT2D eigenvalue weighted by Gasteiger charge is 2.22. The van der Waals surface area contributed by atoms with Crippen molar-refractivity contribution in [3.05, 3.63) is 266 Å². The molecular weight excluding hydrogens is 969 g/mol.